The molecule has 0 bridgehead atoms. The van der Waals surface area contributed by atoms with Gasteiger partial charge in [-0.3, -0.25) is 5.10 Å². The summed E-state index contributed by atoms with van der Waals surface area (Å²) in [6, 6.07) is 10.7. The molecule has 0 amide bonds. The zero-order valence-corrected chi connectivity index (χ0v) is 14.3. The molecule has 4 rings (SSSR count). The van der Waals surface area contributed by atoms with Gasteiger partial charge in [0.2, 0.25) is 0 Å². The normalized spacial score (nSPS) is 22.1. The summed E-state index contributed by atoms with van der Waals surface area (Å²) in [6.45, 7) is 0.223. The Morgan fingerprint density at radius 2 is 2.08 bits per heavy atom. The van der Waals surface area contributed by atoms with Crippen LogP contribution in [0.25, 0.3) is 0 Å². The van der Waals surface area contributed by atoms with Gasteiger partial charge in [0.05, 0.1) is 6.54 Å². The number of hydrogen-bond donors (Lipinski definition) is 1. The third-order valence-corrected chi connectivity index (χ3v) is 4.96. The summed E-state index contributed by atoms with van der Waals surface area (Å²) in [5.74, 6) is -1.32. The maximum Gasteiger partial charge on any atom is 0.195 e. The summed E-state index contributed by atoms with van der Waals surface area (Å²) in [5, 5.41) is 7.05. The summed E-state index contributed by atoms with van der Waals surface area (Å²) < 4.78 is 35.8. The van der Waals surface area contributed by atoms with Crippen LogP contribution >= 0.6 is 23.8 Å². The predicted octanol–water partition coefficient (Wildman–Crippen LogP) is 4.54. The average molecular weight is 380 g/mol. The van der Waals surface area contributed by atoms with Gasteiger partial charge in [0, 0.05) is 22.2 Å². The number of hydrogen-bond acceptors (Lipinski definition) is 3. The first kappa shape index (κ1) is 16.4. The Labute approximate surface area is 152 Å². The van der Waals surface area contributed by atoms with Crippen molar-refractivity contribution >= 4 is 23.8 Å². The highest BCUT2D eigenvalue weighted by Gasteiger charge is 2.60. The molecule has 0 saturated carbocycles. The summed E-state index contributed by atoms with van der Waals surface area (Å²) in [6.07, 6.45) is 1.04. The van der Waals surface area contributed by atoms with E-state index in [-0.39, 0.29) is 12.1 Å². The third-order valence-electron chi connectivity index (χ3n) is 4.29. The number of benzene rings is 2. The van der Waals surface area contributed by atoms with Crippen molar-refractivity contribution in [2.45, 2.75) is 18.2 Å². The van der Waals surface area contributed by atoms with Crippen molar-refractivity contribution in [1.82, 2.24) is 14.8 Å². The molecule has 1 N–H and O–H groups in total. The van der Waals surface area contributed by atoms with Gasteiger partial charge in [0.25, 0.3) is 0 Å². The highest BCUT2D eigenvalue weighted by molar-refractivity contribution is 7.71. The molecule has 8 heteroatoms. The first-order valence-corrected chi connectivity index (χ1v) is 8.27. The Bertz CT molecular complexity index is 1010. The van der Waals surface area contributed by atoms with Crippen LogP contribution in [0.5, 0.6) is 0 Å². The van der Waals surface area contributed by atoms with Gasteiger partial charge in [-0.25, -0.2) is 8.78 Å². The van der Waals surface area contributed by atoms with E-state index in [2.05, 4.69) is 10.2 Å². The fourth-order valence-corrected chi connectivity index (χ4v) is 3.46. The van der Waals surface area contributed by atoms with E-state index in [4.69, 9.17) is 28.6 Å². The predicted molar refractivity (Wildman–Crippen MR) is 90.7 cm³/mol. The Morgan fingerprint density at radius 3 is 2.76 bits per heavy atom. The molecule has 4 nitrogen and oxygen atoms in total. The van der Waals surface area contributed by atoms with Crippen LogP contribution in [0.4, 0.5) is 8.78 Å². The van der Waals surface area contributed by atoms with Crippen LogP contribution in [-0.2, 0) is 16.9 Å². The number of rotatable bonds is 4. The fraction of sp³-hybridized carbons (Fsp3) is 0.176. The Morgan fingerprint density at radius 1 is 1.28 bits per heavy atom. The lowest BCUT2D eigenvalue weighted by molar-refractivity contribution is 0.263. The Hall–Kier alpha value is -2.09. The molecule has 1 aliphatic rings. The SMILES string of the molecule is Fc1ccc(C2(Cn3cn[nH]c3=S)OC2c2ccccc2Cl)c(F)c1. The lowest BCUT2D eigenvalue weighted by Gasteiger charge is -2.15. The summed E-state index contributed by atoms with van der Waals surface area (Å²) in [7, 11) is 0. The average Bonchev–Trinajstić information content (AvgIpc) is 3.14. The van der Waals surface area contributed by atoms with Crippen LogP contribution < -0.4 is 0 Å². The molecular formula is C17H12ClF2N3OS. The number of ether oxygens (including phenoxy) is 1. The van der Waals surface area contributed by atoms with E-state index in [0.717, 1.165) is 11.6 Å². The van der Waals surface area contributed by atoms with Gasteiger partial charge in [0.15, 0.2) is 4.77 Å². The van der Waals surface area contributed by atoms with Crippen LogP contribution in [0.15, 0.2) is 48.8 Å². The minimum atomic E-state index is -1.04. The van der Waals surface area contributed by atoms with Gasteiger partial charge in [-0.15, -0.1) is 0 Å². The Kier molecular flexibility index (Phi) is 3.94. The second-order valence-corrected chi connectivity index (χ2v) is 6.62. The molecule has 0 spiro atoms. The van der Waals surface area contributed by atoms with Crippen molar-refractivity contribution in [1.29, 1.82) is 0 Å². The van der Waals surface area contributed by atoms with Crippen molar-refractivity contribution in [3.8, 4) is 0 Å². The fourth-order valence-electron chi connectivity index (χ4n) is 3.06. The number of halogens is 3. The van der Waals surface area contributed by atoms with E-state index in [1.54, 1.807) is 16.7 Å². The van der Waals surface area contributed by atoms with E-state index >= 15 is 0 Å². The zero-order chi connectivity index (χ0) is 17.6. The first-order chi connectivity index (χ1) is 12.0. The maximum absolute atomic E-state index is 14.5. The molecule has 0 aliphatic carbocycles. The van der Waals surface area contributed by atoms with Crippen LogP contribution in [0, 0.1) is 16.4 Å². The third kappa shape index (κ3) is 2.78. The van der Waals surface area contributed by atoms with Crippen molar-refractivity contribution in [3.63, 3.8) is 0 Å². The summed E-state index contributed by atoms with van der Waals surface area (Å²) in [5.41, 5.74) is -0.0463. The number of aromatic nitrogens is 3. The largest absolute Gasteiger partial charge is 0.354 e. The number of nitrogens with one attached hydrogen (secondary N) is 1. The molecule has 0 radical (unpaired) electrons. The molecule has 1 fully saturated rings. The standard InChI is InChI=1S/C17H12ClF2N3OS/c18-13-4-2-1-3-11(13)15-17(24-15,8-23-9-21-22-16(23)25)12-6-5-10(19)7-14(12)20/h1-7,9,15H,8H2,(H,22,25). The Balaban J connectivity index is 1.82. The molecule has 2 atom stereocenters. The van der Waals surface area contributed by atoms with E-state index in [0.29, 0.717) is 9.79 Å². The van der Waals surface area contributed by atoms with Crippen LogP contribution in [-0.4, -0.2) is 14.8 Å². The lowest BCUT2D eigenvalue weighted by Crippen LogP contribution is -2.20. The molecule has 2 aromatic carbocycles. The molecule has 1 aliphatic heterocycles. The lowest BCUT2D eigenvalue weighted by atomic mass is 9.91. The van der Waals surface area contributed by atoms with Gasteiger partial charge >= 0.3 is 0 Å². The second-order valence-electron chi connectivity index (χ2n) is 5.82. The van der Waals surface area contributed by atoms with Crippen LogP contribution in [0.1, 0.15) is 17.2 Å². The van der Waals surface area contributed by atoms with Crippen molar-refractivity contribution < 1.29 is 13.5 Å². The zero-order valence-electron chi connectivity index (χ0n) is 12.7. The van der Waals surface area contributed by atoms with Crippen LogP contribution in [0.2, 0.25) is 5.02 Å². The highest BCUT2D eigenvalue weighted by Crippen LogP contribution is 2.59. The summed E-state index contributed by atoms with van der Waals surface area (Å²) in [4.78, 5) is 0. The number of H-pyrrole nitrogens is 1. The first-order valence-electron chi connectivity index (χ1n) is 7.49. The topological polar surface area (TPSA) is 46.1 Å². The van der Waals surface area contributed by atoms with Gasteiger partial charge in [-0.05, 0) is 24.4 Å². The minimum absolute atomic E-state index is 0.223. The second kappa shape index (κ2) is 6.01. The minimum Gasteiger partial charge on any atom is -0.354 e. The molecular weight excluding hydrogens is 368 g/mol. The summed E-state index contributed by atoms with van der Waals surface area (Å²) >= 11 is 11.4. The molecule has 1 aromatic heterocycles. The monoisotopic (exact) mass is 379 g/mol. The van der Waals surface area contributed by atoms with E-state index in [1.165, 1.54) is 18.5 Å². The van der Waals surface area contributed by atoms with Gasteiger partial charge in [0.1, 0.15) is 29.7 Å². The number of nitrogens with zero attached hydrogens (tertiary/aromatic N) is 2. The van der Waals surface area contributed by atoms with Crippen LogP contribution in [0.3, 0.4) is 0 Å². The van der Waals surface area contributed by atoms with E-state index < -0.39 is 23.3 Å². The maximum atomic E-state index is 14.5. The highest BCUT2D eigenvalue weighted by atomic mass is 35.5. The number of epoxide rings is 1. The van der Waals surface area contributed by atoms with Gasteiger partial charge < -0.3 is 9.30 Å². The number of aromatic amines is 1. The van der Waals surface area contributed by atoms with Crippen molar-refractivity contribution in [2.24, 2.45) is 0 Å². The molecule has 25 heavy (non-hydrogen) atoms. The molecule has 128 valence electrons. The van der Waals surface area contributed by atoms with Gasteiger partial charge in [-0.2, -0.15) is 5.10 Å². The molecule has 2 unspecified atom stereocenters. The quantitative estimate of drug-likeness (QED) is 0.534. The van der Waals surface area contributed by atoms with E-state index in [9.17, 15) is 8.78 Å². The van der Waals surface area contributed by atoms with Crippen molar-refractivity contribution in [3.05, 3.63) is 81.3 Å². The molecule has 1 saturated heterocycles. The van der Waals surface area contributed by atoms with E-state index in [1.807, 2.05) is 12.1 Å². The molecule has 2 heterocycles. The smallest absolute Gasteiger partial charge is 0.195 e. The van der Waals surface area contributed by atoms with Crippen molar-refractivity contribution in [2.75, 3.05) is 0 Å². The van der Waals surface area contributed by atoms with Gasteiger partial charge in [-0.1, -0.05) is 35.9 Å². The molecule has 3 aromatic rings.